The van der Waals surface area contributed by atoms with Crippen LogP contribution >= 0.6 is 11.8 Å². The predicted molar refractivity (Wildman–Crippen MR) is 73.3 cm³/mol. The lowest BCUT2D eigenvalue weighted by atomic mass is 10.2. The molecular formula is C13H14N3O3S-. The van der Waals surface area contributed by atoms with E-state index < -0.39 is 5.97 Å². The van der Waals surface area contributed by atoms with E-state index in [4.69, 9.17) is 4.74 Å². The number of carboxylic acid groups (broad SMARTS) is 1. The zero-order valence-corrected chi connectivity index (χ0v) is 12.0. The second kappa shape index (κ2) is 6.42. The van der Waals surface area contributed by atoms with E-state index in [2.05, 4.69) is 10.2 Å². The van der Waals surface area contributed by atoms with Crippen LogP contribution in [-0.4, -0.2) is 33.6 Å². The summed E-state index contributed by atoms with van der Waals surface area (Å²) >= 11 is 1.33. The Balaban J connectivity index is 2.22. The van der Waals surface area contributed by atoms with Crippen molar-refractivity contribution in [3.05, 3.63) is 24.3 Å². The van der Waals surface area contributed by atoms with Crippen LogP contribution in [0.2, 0.25) is 0 Å². The highest BCUT2D eigenvalue weighted by atomic mass is 32.2. The molecule has 0 saturated carbocycles. The number of carbonyl (C=O) groups excluding carboxylic acids is 1. The van der Waals surface area contributed by atoms with Gasteiger partial charge in [0, 0.05) is 18.8 Å². The van der Waals surface area contributed by atoms with Gasteiger partial charge in [0.05, 0.1) is 12.7 Å². The number of benzene rings is 1. The molecule has 1 aromatic carbocycles. The first kappa shape index (κ1) is 14.4. The van der Waals surface area contributed by atoms with Gasteiger partial charge in [-0.2, -0.15) is 0 Å². The third-order valence-electron chi connectivity index (χ3n) is 2.72. The molecule has 0 N–H and O–H groups in total. The molecule has 0 bridgehead atoms. The Morgan fingerprint density at radius 1 is 1.40 bits per heavy atom. The minimum Gasteiger partial charge on any atom is -0.550 e. The van der Waals surface area contributed by atoms with Crippen LogP contribution in [0.1, 0.15) is 6.42 Å². The Morgan fingerprint density at radius 2 is 2.15 bits per heavy atom. The first-order valence-electron chi connectivity index (χ1n) is 5.99. The molecule has 0 atom stereocenters. The zero-order valence-electron chi connectivity index (χ0n) is 11.2. The molecular weight excluding hydrogens is 278 g/mol. The molecule has 2 rings (SSSR count). The number of aliphatic carboxylic acids is 1. The first-order chi connectivity index (χ1) is 9.63. The fourth-order valence-electron chi connectivity index (χ4n) is 1.73. The summed E-state index contributed by atoms with van der Waals surface area (Å²) < 4.78 is 7.12. The van der Waals surface area contributed by atoms with Gasteiger partial charge in [0.25, 0.3) is 0 Å². The molecule has 0 amide bonds. The van der Waals surface area contributed by atoms with E-state index in [1.165, 1.54) is 11.8 Å². The van der Waals surface area contributed by atoms with E-state index in [0.29, 0.717) is 22.5 Å². The van der Waals surface area contributed by atoms with Crippen LogP contribution in [0.5, 0.6) is 5.75 Å². The van der Waals surface area contributed by atoms with Crippen molar-refractivity contribution < 1.29 is 14.6 Å². The molecule has 0 unspecified atom stereocenters. The predicted octanol–water partition coefficient (Wildman–Crippen LogP) is 0.723. The van der Waals surface area contributed by atoms with E-state index in [9.17, 15) is 9.90 Å². The van der Waals surface area contributed by atoms with Crippen LogP contribution in [-0.2, 0) is 11.8 Å². The SMILES string of the molecule is COc1ccccc1-c1nnc(SCCC(=O)[O-])n1C. The summed E-state index contributed by atoms with van der Waals surface area (Å²) in [5.41, 5.74) is 0.844. The maximum atomic E-state index is 10.4. The third-order valence-corrected chi connectivity index (χ3v) is 3.74. The summed E-state index contributed by atoms with van der Waals surface area (Å²) in [5.74, 6) is 0.734. The standard InChI is InChI=1S/C13H15N3O3S/c1-16-12(9-5-3-4-6-10(9)19-2)14-15-13(16)20-8-7-11(17)18/h3-6H,7-8H2,1-2H3,(H,17,18)/p-1. The largest absolute Gasteiger partial charge is 0.550 e. The zero-order chi connectivity index (χ0) is 14.5. The second-order valence-corrected chi connectivity index (χ2v) is 5.10. The molecule has 0 saturated heterocycles. The Bertz CT molecular complexity index is 613. The lowest BCUT2D eigenvalue weighted by molar-refractivity contribution is -0.305. The van der Waals surface area contributed by atoms with E-state index in [-0.39, 0.29) is 6.42 Å². The highest BCUT2D eigenvalue weighted by Crippen LogP contribution is 2.29. The van der Waals surface area contributed by atoms with Crippen molar-refractivity contribution in [1.82, 2.24) is 14.8 Å². The molecule has 20 heavy (non-hydrogen) atoms. The molecule has 1 aromatic heterocycles. The summed E-state index contributed by atoms with van der Waals surface area (Å²) in [7, 11) is 3.44. The number of nitrogens with zero attached hydrogens (tertiary/aromatic N) is 3. The molecule has 0 aliphatic rings. The molecule has 106 valence electrons. The summed E-state index contributed by atoms with van der Waals surface area (Å²) in [6, 6.07) is 7.54. The van der Waals surface area contributed by atoms with Gasteiger partial charge in [0.2, 0.25) is 0 Å². The van der Waals surface area contributed by atoms with Crippen LogP contribution in [0.25, 0.3) is 11.4 Å². The van der Waals surface area contributed by atoms with Gasteiger partial charge in [-0.1, -0.05) is 23.9 Å². The molecule has 0 spiro atoms. The first-order valence-corrected chi connectivity index (χ1v) is 6.97. The molecule has 7 heteroatoms. The minimum absolute atomic E-state index is 0.0124. The third kappa shape index (κ3) is 3.11. The van der Waals surface area contributed by atoms with Gasteiger partial charge in [0.1, 0.15) is 5.75 Å². The van der Waals surface area contributed by atoms with Gasteiger partial charge < -0.3 is 19.2 Å². The van der Waals surface area contributed by atoms with Crippen molar-refractivity contribution in [2.24, 2.45) is 7.05 Å². The van der Waals surface area contributed by atoms with Crippen molar-refractivity contribution in [1.29, 1.82) is 0 Å². The average molecular weight is 292 g/mol. The maximum Gasteiger partial charge on any atom is 0.191 e. The van der Waals surface area contributed by atoms with E-state index >= 15 is 0 Å². The van der Waals surface area contributed by atoms with Gasteiger partial charge in [-0.15, -0.1) is 10.2 Å². The lowest BCUT2D eigenvalue weighted by Crippen LogP contribution is -2.22. The lowest BCUT2D eigenvalue weighted by Gasteiger charge is -2.08. The van der Waals surface area contributed by atoms with Crippen LogP contribution < -0.4 is 9.84 Å². The molecule has 6 nitrogen and oxygen atoms in total. The molecule has 1 heterocycles. The summed E-state index contributed by atoms with van der Waals surface area (Å²) in [6.45, 7) is 0. The summed E-state index contributed by atoms with van der Waals surface area (Å²) in [6.07, 6.45) is -0.0124. The number of carbonyl (C=O) groups is 1. The van der Waals surface area contributed by atoms with Crippen LogP contribution in [0, 0.1) is 0 Å². The number of hydrogen-bond donors (Lipinski definition) is 0. The van der Waals surface area contributed by atoms with Crippen LogP contribution in [0.3, 0.4) is 0 Å². The number of carboxylic acids is 1. The molecule has 0 fully saturated rings. The Labute approximate surface area is 120 Å². The van der Waals surface area contributed by atoms with Crippen molar-refractivity contribution in [2.75, 3.05) is 12.9 Å². The monoisotopic (exact) mass is 292 g/mol. The highest BCUT2D eigenvalue weighted by molar-refractivity contribution is 7.99. The smallest absolute Gasteiger partial charge is 0.191 e. The fraction of sp³-hybridized carbons (Fsp3) is 0.308. The van der Waals surface area contributed by atoms with Gasteiger partial charge >= 0.3 is 0 Å². The quantitative estimate of drug-likeness (QED) is 0.730. The molecule has 0 aliphatic heterocycles. The van der Waals surface area contributed by atoms with Crippen molar-refractivity contribution in [2.45, 2.75) is 11.6 Å². The molecule has 2 aromatic rings. The van der Waals surface area contributed by atoms with Crippen molar-refractivity contribution >= 4 is 17.7 Å². The van der Waals surface area contributed by atoms with E-state index in [1.807, 2.05) is 35.9 Å². The molecule has 0 aliphatic carbocycles. The number of ether oxygens (including phenoxy) is 1. The number of thioether (sulfide) groups is 1. The second-order valence-electron chi connectivity index (χ2n) is 4.04. The van der Waals surface area contributed by atoms with E-state index in [1.54, 1.807) is 7.11 Å². The highest BCUT2D eigenvalue weighted by Gasteiger charge is 2.14. The number of hydrogen-bond acceptors (Lipinski definition) is 6. The Kier molecular flexibility index (Phi) is 4.62. The minimum atomic E-state index is -1.07. The number of para-hydroxylation sites is 1. The van der Waals surface area contributed by atoms with Gasteiger partial charge in [-0.3, -0.25) is 0 Å². The Hall–Kier alpha value is -2.02. The van der Waals surface area contributed by atoms with E-state index in [0.717, 1.165) is 5.56 Å². The van der Waals surface area contributed by atoms with Crippen LogP contribution in [0.15, 0.2) is 29.4 Å². The van der Waals surface area contributed by atoms with Crippen LogP contribution in [0.4, 0.5) is 0 Å². The normalized spacial score (nSPS) is 10.5. The van der Waals surface area contributed by atoms with Gasteiger partial charge in [0.15, 0.2) is 11.0 Å². The number of aromatic nitrogens is 3. The van der Waals surface area contributed by atoms with Crippen molar-refractivity contribution in [3.63, 3.8) is 0 Å². The van der Waals surface area contributed by atoms with Crippen molar-refractivity contribution in [3.8, 4) is 17.1 Å². The summed E-state index contributed by atoms with van der Waals surface area (Å²) in [5, 5.41) is 19.3. The number of rotatable bonds is 6. The number of methoxy groups -OCH3 is 1. The topological polar surface area (TPSA) is 80.1 Å². The van der Waals surface area contributed by atoms with Gasteiger partial charge in [-0.25, -0.2) is 0 Å². The molecule has 0 radical (unpaired) electrons. The Morgan fingerprint density at radius 3 is 2.85 bits per heavy atom. The summed E-state index contributed by atoms with van der Waals surface area (Å²) in [4.78, 5) is 10.4. The maximum absolute atomic E-state index is 10.4. The average Bonchev–Trinajstić information content (AvgIpc) is 2.80. The fourth-order valence-corrected chi connectivity index (χ4v) is 2.56. The van der Waals surface area contributed by atoms with Gasteiger partial charge in [-0.05, 0) is 18.6 Å².